The molecule has 3 N–H and O–H groups in total. The summed E-state index contributed by atoms with van der Waals surface area (Å²) < 4.78 is 36.7. The van der Waals surface area contributed by atoms with Crippen LogP contribution in [0.4, 0.5) is 13.2 Å². The minimum absolute atomic E-state index is 0.177. The number of halogens is 3. The first-order valence-electron chi connectivity index (χ1n) is 11.0. The Balaban J connectivity index is 0.000000383. The molecule has 8 nitrogen and oxygen atoms in total. The lowest BCUT2D eigenvalue weighted by molar-refractivity contribution is -0.192. The number of aromatic nitrogens is 1. The van der Waals surface area contributed by atoms with Crippen molar-refractivity contribution >= 4 is 23.0 Å². The number of carboxylic acids is 1. The molecule has 4 rings (SSSR count). The van der Waals surface area contributed by atoms with Crippen LogP contribution in [0.5, 0.6) is 0 Å². The molecule has 2 aliphatic rings. The number of alkyl halides is 3. The molecule has 1 amide bonds. The van der Waals surface area contributed by atoms with Gasteiger partial charge in [-0.25, -0.2) is 9.59 Å². The predicted octanol–water partition coefficient (Wildman–Crippen LogP) is 2.93. The number of nitrogens with one attached hydrogen (secondary N) is 2. The summed E-state index contributed by atoms with van der Waals surface area (Å²) in [5, 5.41) is 10.6. The van der Waals surface area contributed by atoms with E-state index in [1.54, 1.807) is 6.07 Å². The largest absolute Gasteiger partial charge is 0.490 e. The van der Waals surface area contributed by atoms with E-state index < -0.39 is 17.9 Å². The van der Waals surface area contributed by atoms with E-state index in [9.17, 15) is 22.8 Å². The first kappa shape index (κ1) is 24.8. The quantitative estimate of drug-likeness (QED) is 0.634. The minimum atomic E-state index is -5.08. The van der Waals surface area contributed by atoms with Gasteiger partial charge in [0.25, 0.3) is 0 Å². The van der Waals surface area contributed by atoms with E-state index in [1.807, 2.05) is 17.0 Å². The SMILES string of the molecule is O=C(Cc1ccc2oc(=O)[nH]c2c1)N1CCC(C2CCCNCC2)CC1.O=C(O)C(F)(F)F. The average molecular weight is 471 g/mol. The Morgan fingerprint density at radius 2 is 1.76 bits per heavy atom. The van der Waals surface area contributed by atoms with Crippen LogP contribution in [0.2, 0.25) is 0 Å². The number of likely N-dealkylation sites (tertiary alicyclic amines) is 1. The Morgan fingerprint density at radius 1 is 1.09 bits per heavy atom. The summed E-state index contributed by atoms with van der Waals surface area (Å²) >= 11 is 0. The van der Waals surface area contributed by atoms with Crippen molar-refractivity contribution < 1.29 is 32.3 Å². The molecule has 0 bridgehead atoms. The summed E-state index contributed by atoms with van der Waals surface area (Å²) in [6, 6.07) is 5.45. The van der Waals surface area contributed by atoms with E-state index in [4.69, 9.17) is 14.3 Å². The molecule has 33 heavy (non-hydrogen) atoms. The molecular weight excluding hydrogens is 443 g/mol. The molecule has 2 saturated heterocycles. The number of H-pyrrole nitrogens is 1. The number of aromatic amines is 1. The number of amides is 1. The zero-order valence-corrected chi connectivity index (χ0v) is 18.1. The van der Waals surface area contributed by atoms with Crippen molar-refractivity contribution in [2.75, 3.05) is 26.2 Å². The van der Waals surface area contributed by atoms with Crippen LogP contribution < -0.4 is 11.1 Å². The predicted molar refractivity (Wildman–Crippen MR) is 114 cm³/mol. The summed E-state index contributed by atoms with van der Waals surface area (Å²) in [5.41, 5.74) is 2.10. The fraction of sp³-hybridized carbons (Fsp3) is 0.591. The summed E-state index contributed by atoms with van der Waals surface area (Å²) in [7, 11) is 0. The monoisotopic (exact) mass is 471 g/mol. The zero-order valence-electron chi connectivity index (χ0n) is 18.1. The minimum Gasteiger partial charge on any atom is -0.475 e. The van der Waals surface area contributed by atoms with E-state index >= 15 is 0 Å². The second-order valence-corrected chi connectivity index (χ2v) is 8.48. The second kappa shape index (κ2) is 10.9. The molecule has 1 aromatic heterocycles. The molecule has 2 fully saturated rings. The Bertz CT molecular complexity index is 1000. The number of oxazole rings is 1. The van der Waals surface area contributed by atoms with Crippen LogP contribution in [-0.2, 0) is 16.0 Å². The highest BCUT2D eigenvalue weighted by atomic mass is 19.4. The van der Waals surface area contributed by atoms with Gasteiger partial charge in [-0.3, -0.25) is 9.78 Å². The first-order chi connectivity index (χ1) is 15.6. The standard InChI is InChI=1S/C20H27N3O3.C2HF3O2/c24-19(13-14-3-4-18-17(12-14)22-20(25)26-18)23-10-6-16(7-11-23)15-2-1-8-21-9-5-15;3-2(4,5)1(6)7/h3-4,12,15-16,21H,1-2,5-11,13H2,(H,22,25);(H,6,7). The van der Waals surface area contributed by atoms with Gasteiger partial charge in [0, 0.05) is 13.1 Å². The molecule has 11 heteroatoms. The van der Waals surface area contributed by atoms with Crippen LogP contribution >= 0.6 is 0 Å². The van der Waals surface area contributed by atoms with Crippen molar-refractivity contribution in [1.82, 2.24) is 15.2 Å². The van der Waals surface area contributed by atoms with Crippen LogP contribution in [-0.4, -0.2) is 59.2 Å². The first-order valence-corrected chi connectivity index (χ1v) is 11.0. The van der Waals surface area contributed by atoms with Crippen molar-refractivity contribution in [3.63, 3.8) is 0 Å². The number of hydrogen-bond donors (Lipinski definition) is 3. The molecule has 1 aromatic carbocycles. The topological polar surface area (TPSA) is 116 Å². The van der Waals surface area contributed by atoms with Gasteiger partial charge in [0.2, 0.25) is 5.91 Å². The van der Waals surface area contributed by atoms with Crippen molar-refractivity contribution in [1.29, 1.82) is 0 Å². The fourth-order valence-electron chi connectivity index (χ4n) is 4.53. The van der Waals surface area contributed by atoms with Gasteiger partial charge < -0.3 is 19.7 Å². The number of benzene rings is 1. The summed E-state index contributed by atoms with van der Waals surface area (Å²) in [4.78, 5) is 37.5. The van der Waals surface area contributed by atoms with Crippen molar-refractivity contribution in [3.8, 4) is 0 Å². The average Bonchev–Trinajstić information content (AvgIpc) is 2.95. The Hall–Kier alpha value is -2.82. The van der Waals surface area contributed by atoms with Gasteiger partial charge in [0.1, 0.15) is 0 Å². The molecule has 1 atom stereocenters. The molecule has 182 valence electrons. The number of hydrogen-bond acceptors (Lipinski definition) is 5. The van der Waals surface area contributed by atoms with Crippen LogP contribution in [0.25, 0.3) is 11.1 Å². The van der Waals surface area contributed by atoms with Gasteiger partial charge in [0.05, 0.1) is 11.9 Å². The highest BCUT2D eigenvalue weighted by Gasteiger charge is 2.38. The maximum Gasteiger partial charge on any atom is 0.490 e. The lowest BCUT2D eigenvalue weighted by Gasteiger charge is -2.36. The zero-order chi connectivity index (χ0) is 24.0. The molecule has 0 radical (unpaired) electrons. The summed E-state index contributed by atoms with van der Waals surface area (Å²) in [5.74, 6) is -1.45. The maximum atomic E-state index is 12.7. The van der Waals surface area contributed by atoms with Crippen molar-refractivity contribution in [2.24, 2.45) is 11.8 Å². The third kappa shape index (κ3) is 7.08. The third-order valence-corrected chi connectivity index (χ3v) is 6.26. The highest BCUT2D eigenvalue weighted by molar-refractivity contribution is 5.81. The second-order valence-electron chi connectivity index (χ2n) is 8.48. The molecule has 2 aromatic rings. The molecule has 3 heterocycles. The Morgan fingerprint density at radius 3 is 2.42 bits per heavy atom. The highest BCUT2D eigenvalue weighted by Crippen LogP contribution is 2.31. The van der Waals surface area contributed by atoms with E-state index in [1.165, 1.54) is 19.3 Å². The Kier molecular flexibility index (Phi) is 8.17. The van der Waals surface area contributed by atoms with E-state index in [-0.39, 0.29) is 5.91 Å². The van der Waals surface area contributed by atoms with Gasteiger partial charge >= 0.3 is 17.9 Å². The fourth-order valence-corrected chi connectivity index (χ4v) is 4.53. The molecule has 0 aliphatic carbocycles. The smallest absolute Gasteiger partial charge is 0.475 e. The van der Waals surface area contributed by atoms with E-state index in [0.29, 0.717) is 17.5 Å². The molecular formula is C22H28F3N3O5. The maximum absolute atomic E-state index is 12.7. The normalized spacial score (nSPS) is 20.1. The molecule has 1 unspecified atom stereocenters. The number of aliphatic carboxylic acids is 1. The molecule has 2 aliphatic heterocycles. The van der Waals surface area contributed by atoms with Crippen molar-refractivity contribution in [3.05, 3.63) is 34.3 Å². The van der Waals surface area contributed by atoms with Crippen LogP contribution in [0.15, 0.2) is 27.4 Å². The molecule has 0 spiro atoms. The summed E-state index contributed by atoms with van der Waals surface area (Å²) in [6.07, 6.45) is 1.44. The Labute approximate surface area is 188 Å². The van der Waals surface area contributed by atoms with Gasteiger partial charge in [-0.15, -0.1) is 0 Å². The molecule has 0 saturated carbocycles. The van der Waals surface area contributed by atoms with Gasteiger partial charge in [0.15, 0.2) is 5.58 Å². The third-order valence-electron chi connectivity index (χ3n) is 6.26. The lowest BCUT2D eigenvalue weighted by atomic mass is 9.80. The van der Waals surface area contributed by atoms with Crippen LogP contribution in [0, 0.1) is 11.8 Å². The number of carbonyl (C=O) groups excluding carboxylic acids is 1. The lowest BCUT2D eigenvalue weighted by Crippen LogP contribution is -2.41. The van der Waals surface area contributed by atoms with Crippen molar-refractivity contribution in [2.45, 2.75) is 44.7 Å². The van der Waals surface area contributed by atoms with Crippen LogP contribution in [0.1, 0.15) is 37.7 Å². The van der Waals surface area contributed by atoms with Gasteiger partial charge in [-0.05, 0) is 74.7 Å². The van der Waals surface area contributed by atoms with E-state index in [2.05, 4.69) is 10.3 Å². The van der Waals surface area contributed by atoms with Gasteiger partial charge in [-0.2, -0.15) is 13.2 Å². The number of fused-ring (bicyclic) bond motifs is 1. The van der Waals surface area contributed by atoms with Crippen LogP contribution in [0.3, 0.4) is 0 Å². The number of piperidine rings is 1. The van der Waals surface area contributed by atoms with E-state index in [0.717, 1.165) is 56.4 Å². The number of carbonyl (C=O) groups is 2. The number of carboxylic acid groups (broad SMARTS) is 1. The van der Waals surface area contributed by atoms with Gasteiger partial charge in [-0.1, -0.05) is 6.07 Å². The number of rotatable bonds is 3. The number of nitrogens with zero attached hydrogens (tertiary/aromatic N) is 1. The summed E-state index contributed by atoms with van der Waals surface area (Å²) in [6.45, 7) is 4.04.